The molecule has 3 N–H and O–H groups in total. The average Bonchev–Trinajstić information content (AvgIpc) is 2.90. The first-order chi connectivity index (χ1) is 19.2. The summed E-state index contributed by atoms with van der Waals surface area (Å²) in [5.74, 6) is -0.0678. The maximum absolute atomic E-state index is 13.7. The Labute approximate surface area is 237 Å². The number of nitrogens with zero attached hydrogens (tertiary/aromatic N) is 1. The number of methoxy groups -OCH3 is 1. The predicted octanol–water partition coefficient (Wildman–Crippen LogP) is 5.27. The van der Waals surface area contributed by atoms with Crippen LogP contribution in [-0.4, -0.2) is 65.6 Å². The van der Waals surface area contributed by atoms with Crippen molar-refractivity contribution < 1.29 is 34.0 Å². The molecule has 2 amide bonds. The van der Waals surface area contributed by atoms with Crippen LogP contribution in [0.4, 0.5) is 4.79 Å². The van der Waals surface area contributed by atoms with Gasteiger partial charge in [-0.15, -0.1) is 0 Å². The topological polar surface area (TPSA) is 118 Å². The second kappa shape index (κ2) is 14.4. The number of rotatable bonds is 15. The smallest absolute Gasteiger partial charge is 0.329 e. The number of unbranched alkanes of at least 4 members (excludes halogenated alkanes) is 1. The predicted molar refractivity (Wildman–Crippen MR) is 153 cm³/mol. The highest BCUT2D eigenvalue weighted by Gasteiger charge is 2.52. The number of hydrogen-bond donors (Lipinski definition) is 3. The van der Waals surface area contributed by atoms with Crippen molar-refractivity contribution >= 4 is 12.0 Å². The second-order valence-corrected chi connectivity index (χ2v) is 10.4. The Morgan fingerprint density at radius 2 is 1.65 bits per heavy atom. The molecule has 9 nitrogen and oxygen atoms in total. The van der Waals surface area contributed by atoms with Gasteiger partial charge in [-0.1, -0.05) is 30.3 Å². The lowest BCUT2D eigenvalue weighted by atomic mass is 9.74. The third-order valence-electron chi connectivity index (χ3n) is 7.55. The number of nitrogens with one attached hydrogen (secondary N) is 1. The van der Waals surface area contributed by atoms with E-state index in [0.717, 1.165) is 24.8 Å². The van der Waals surface area contributed by atoms with Gasteiger partial charge in [0, 0.05) is 26.5 Å². The Balaban J connectivity index is 1.89. The Morgan fingerprint density at radius 3 is 2.15 bits per heavy atom. The van der Waals surface area contributed by atoms with Crippen molar-refractivity contribution in [3.05, 3.63) is 59.2 Å². The number of urea groups is 1. The highest BCUT2D eigenvalue weighted by atomic mass is 16.5. The Hall–Kier alpha value is -3.30. The normalized spacial score (nSPS) is 19.7. The van der Waals surface area contributed by atoms with Gasteiger partial charge in [0.1, 0.15) is 17.0 Å². The first-order valence-corrected chi connectivity index (χ1v) is 14.2. The Morgan fingerprint density at radius 1 is 1.05 bits per heavy atom. The van der Waals surface area contributed by atoms with Crippen molar-refractivity contribution in [2.24, 2.45) is 0 Å². The number of hydrogen-bond acceptors (Lipinski definition) is 6. The summed E-state index contributed by atoms with van der Waals surface area (Å²) in [5.41, 5.74) is 1.20. The average molecular weight is 557 g/mol. The summed E-state index contributed by atoms with van der Waals surface area (Å²) >= 11 is 0. The van der Waals surface area contributed by atoms with Gasteiger partial charge in [0.2, 0.25) is 0 Å². The zero-order valence-corrected chi connectivity index (χ0v) is 24.3. The maximum Gasteiger partial charge on any atom is 0.329 e. The molecular weight excluding hydrogens is 512 g/mol. The first kappa shape index (κ1) is 31.2. The molecule has 1 fully saturated rings. The molecule has 0 aliphatic heterocycles. The molecular formula is C31H44N2O7. The molecule has 2 aromatic rings. The van der Waals surface area contributed by atoms with E-state index in [1.165, 1.54) is 5.56 Å². The van der Waals surface area contributed by atoms with Crippen LogP contribution in [-0.2, 0) is 16.0 Å². The van der Waals surface area contributed by atoms with Crippen LogP contribution >= 0.6 is 0 Å². The first-order valence-electron chi connectivity index (χ1n) is 14.2. The number of aryl methyl sites for hydroxylation is 1. The molecule has 0 heterocycles. The number of benzene rings is 2. The molecule has 0 bridgehead atoms. The van der Waals surface area contributed by atoms with Gasteiger partial charge in [-0.25, -0.2) is 9.59 Å². The fourth-order valence-electron chi connectivity index (χ4n) is 5.22. The van der Waals surface area contributed by atoms with E-state index in [-0.39, 0.29) is 18.9 Å². The van der Waals surface area contributed by atoms with E-state index in [2.05, 4.69) is 17.4 Å². The number of carboxylic acids is 1. The molecule has 1 aliphatic carbocycles. The monoisotopic (exact) mass is 556 g/mol. The summed E-state index contributed by atoms with van der Waals surface area (Å²) in [5, 5.41) is 23.2. The molecule has 2 aromatic carbocycles. The number of carboxylic acid groups (broad SMARTS) is 1. The minimum Gasteiger partial charge on any atom is -0.493 e. The van der Waals surface area contributed by atoms with Crippen LogP contribution in [0.1, 0.15) is 82.2 Å². The summed E-state index contributed by atoms with van der Waals surface area (Å²) < 4.78 is 17.1. The number of aliphatic hydroxyl groups excluding tert-OH is 1. The second-order valence-electron chi connectivity index (χ2n) is 10.4. The van der Waals surface area contributed by atoms with Gasteiger partial charge in [-0.3, -0.25) is 0 Å². The molecule has 2 atom stereocenters. The lowest BCUT2D eigenvalue weighted by Gasteiger charge is -2.45. The van der Waals surface area contributed by atoms with Gasteiger partial charge in [0.15, 0.2) is 0 Å². The number of carbonyl (C=O) groups excluding carboxylic acids is 1. The highest BCUT2D eigenvalue weighted by Crippen LogP contribution is 2.39. The van der Waals surface area contributed by atoms with Crippen LogP contribution in [0.2, 0.25) is 0 Å². The van der Waals surface area contributed by atoms with Crippen LogP contribution in [0.25, 0.3) is 0 Å². The summed E-state index contributed by atoms with van der Waals surface area (Å²) in [4.78, 5) is 27.6. The van der Waals surface area contributed by atoms with Crippen molar-refractivity contribution in [2.75, 3.05) is 26.9 Å². The molecule has 40 heavy (non-hydrogen) atoms. The molecule has 3 rings (SSSR count). The van der Waals surface area contributed by atoms with E-state index in [1.54, 1.807) is 18.9 Å². The minimum absolute atomic E-state index is 0.205. The third-order valence-corrected chi connectivity index (χ3v) is 7.55. The largest absolute Gasteiger partial charge is 0.493 e. The van der Waals surface area contributed by atoms with Gasteiger partial charge in [0.05, 0.1) is 37.0 Å². The number of ether oxygens (including phenoxy) is 3. The van der Waals surface area contributed by atoms with E-state index in [9.17, 15) is 19.8 Å². The fourth-order valence-corrected chi connectivity index (χ4v) is 5.22. The van der Waals surface area contributed by atoms with E-state index in [1.807, 2.05) is 51.1 Å². The van der Waals surface area contributed by atoms with E-state index in [0.29, 0.717) is 36.8 Å². The Kier molecular flexibility index (Phi) is 11.2. The van der Waals surface area contributed by atoms with Crippen LogP contribution in [0.3, 0.4) is 0 Å². The SMILES string of the molecule is CCOc1cc([C@@H](C)N(CCCCc2ccccc2)C(=O)NC2(C(=O)O)CC(OC)C2)cc(OCC)c1C(C)O. The van der Waals surface area contributed by atoms with Crippen molar-refractivity contribution in [1.29, 1.82) is 0 Å². The van der Waals surface area contributed by atoms with E-state index in [4.69, 9.17) is 14.2 Å². The summed E-state index contributed by atoms with van der Waals surface area (Å²) in [6.07, 6.45) is 1.89. The molecule has 1 saturated carbocycles. The Bertz CT molecular complexity index is 1090. The standard InChI is InChI=1S/C31H44N2O7/c1-6-39-26-17-24(18-27(40-7-2)28(26)22(4)34)21(3)33(16-12-11-15-23-13-9-8-10-14-23)30(37)32-31(29(35)36)19-25(20-31)38-5/h8-10,13-14,17-18,21-22,25,34H,6-7,11-12,15-16,19-20H2,1-5H3,(H,32,37)(H,35,36)/t21-,22?,25?,31?/m1/s1. The summed E-state index contributed by atoms with van der Waals surface area (Å²) in [6.45, 7) is 8.52. The van der Waals surface area contributed by atoms with Gasteiger partial charge >= 0.3 is 12.0 Å². The van der Waals surface area contributed by atoms with Gasteiger partial charge < -0.3 is 34.6 Å². The molecule has 0 radical (unpaired) electrons. The quantitative estimate of drug-likeness (QED) is 0.256. The van der Waals surface area contributed by atoms with Crippen molar-refractivity contribution in [1.82, 2.24) is 10.2 Å². The molecule has 1 unspecified atom stereocenters. The maximum atomic E-state index is 13.7. The van der Waals surface area contributed by atoms with Gasteiger partial charge in [0.25, 0.3) is 0 Å². The molecule has 9 heteroatoms. The van der Waals surface area contributed by atoms with Crippen LogP contribution in [0.15, 0.2) is 42.5 Å². The molecule has 0 aromatic heterocycles. The van der Waals surface area contributed by atoms with E-state index < -0.39 is 29.7 Å². The minimum atomic E-state index is -1.36. The summed E-state index contributed by atoms with van der Waals surface area (Å²) in [6, 6.07) is 13.0. The highest BCUT2D eigenvalue weighted by molar-refractivity contribution is 5.87. The zero-order chi connectivity index (χ0) is 29.3. The summed E-state index contributed by atoms with van der Waals surface area (Å²) in [7, 11) is 1.54. The third kappa shape index (κ3) is 7.46. The number of carbonyl (C=O) groups is 2. The zero-order valence-electron chi connectivity index (χ0n) is 24.3. The van der Waals surface area contributed by atoms with Crippen molar-refractivity contribution in [3.8, 4) is 11.5 Å². The number of amides is 2. The molecule has 0 saturated heterocycles. The molecule has 1 aliphatic rings. The fraction of sp³-hybridized carbons (Fsp3) is 0.548. The van der Waals surface area contributed by atoms with Crippen LogP contribution in [0.5, 0.6) is 11.5 Å². The number of aliphatic hydroxyl groups is 1. The van der Waals surface area contributed by atoms with E-state index >= 15 is 0 Å². The van der Waals surface area contributed by atoms with Gasteiger partial charge in [-0.05, 0) is 70.2 Å². The van der Waals surface area contributed by atoms with Crippen LogP contribution < -0.4 is 14.8 Å². The number of aliphatic carboxylic acids is 1. The van der Waals surface area contributed by atoms with Crippen molar-refractivity contribution in [3.63, 3.8) is 0 Å². The lowest BCUT2D eigenvalue weighted by molar-refractivity contribution is -0.155. The molecule has 0 spiro atoms. The molecule has 220 valence electrons. The van der Waals surface area contributed by atoms with Crippen LogP contribution in [0, 0.1) is 0 Å². The van der Waals surface area contributed by atoms with Gasteiger partial charge in [-0.2, -0.15) is 0 Å². The van der Waals surface area contributed by atoms with Crippen molar-refractivity contribution in [2.45, 2.75) is 83.6 Å². The lowest BCUT2D eigenvalue weighted by Crippen LogP contribution is -2.66.